The summed E-state index contributed by atoms with van der Waals surface area (Å²) in [5.74, 6) is 0.271. The third kappa shape index (κ3) is 2.93. The van der Waals surface area contributed by atoms with Gasteiger partial charge in [0.05, 0.1) is 6.54 Å². The van der Waals surface area contributed by atoms with E-state index >= 15 is 0 Å². The zero-order chi connectivity index (χ0) is 16.5. The second kappa shape index (κ2) is 5.62. The summed E-state index contributed by atoms with van der Waals surface area (Å²) in [6.07, 6.45) is 2.66. The van der Waals surface area contributed by atoms with Gasteiger partial charge in [-0.25, -0.2) is 9.59 Å². The third-order valence-electron chi connectivity index (χ3n) is 3.87. The summed E-state index contributed by atoms with van der Waals surface area (Å²) in [7, 11) is 0. The summed E-state index contributed by atoms with van der Waals surface area (Å²) in [5, 5.41) is 0. The van der Waals surface area contributed by atoms with Crippen LogP contribution in [0.1, 0.15) is 33.6 Å². The lowest BCUT2D eigenvalue weighted by atomic mass is 9.87. The molecule has 0 bridgehead atoms. The fraction of sp³-hybridized carbons (Fsp3) is 0.667. The minimum absolute atomic E-state index is 0.271. The largest absolute Gasteiger partial charge is 0.444 e. The number of nitrogens with zero attached hydrogens (tertiary/aromatic N) is 3. The summed E-state index contributed by atoms with van der Waals surface area (Å²) in [5.41, 5.74) is 4.72. The average Bonchev–Trinajstić information content (AvgIpc) is 2.62. The van der Waals surface area contributed by atoms with Crippen LogP contribution in [0.4, 0.5) is 9.59 Å². The Bertz CT molecular complexity index is 523. The molecule has 0 radical (unpaired) electrons. The van der Waals surface area contributed by atoms with Crippen LogP contribution in [0.15, 0.2) is 17.6 Å². The van der Waals surface area contributed by atoms with Crippen LogP contribution in [0.5, 0.6) is 0 Å². The number of hydrogen-bond donors (Lipinski definition) is 1. The molecule has 0 aromatic rings. The highest BCUT2D eigenvalue weighted by Crippen LogP contribution is 2.33. The first-order valence-electron chi connectivity index (χ1n) is 7.45. The van der Waals surface area contributed by atoms with Crippen LogP contribution in [0.2, 0.25) is 0 Å². The first-order chi connectivity index (χ1) is 10.2. The molecule has 1 spiro atoms. The van der Waals surface area contributed by atoms with Gasteiger partial charge in [0.1, 0.15) is 17.0 Å². The monoisotopic (exact) mass is 308 g/mol. The highest BCUT2D eigenvalue weighted by atomic mass is 16.6. The summed E-state index contributed by atoms with van der Waals surface area (Å²) >= 11 is 0. The molecule has 0 aliphatic carbocycles. The standard InChI is InChI=1S/C15H24N4O3/c1-5-8-19-12(20)17-11(16)15(19)7-6-9-18(10-15)13(21)22-14(2,3)4/h5H,1,6-10H2,2-4H3,(H2,16,17,20). The molecule has 3 amide bonds. The van der Waals surface area contributed by atoms with Gasteiger partial charge in [-0.15, -0.1) is 6.58 Å². The Morgan fingerprint density at radius 3 is 2.82 bits per heavy atom. The first-order valence-corrected chi connectivity index (χ1v) is 7.45. The van der Waals surface area contributed by atoms with Crippen molar-refractivity contribution in [3.8, 4) is 0 Å². The number of aliphatic imine (C=N–C) groups is 1. The van der Waals surface area contributed by atoms with Gasteiger partial charge in [-0.2, -0.15) is 4.99 Å². The van der Waals surface area contributed by atoms with Crippen molar-refractivity contribution in [2.24, 2.45) is 10.7 Å². The molecule has 2 N–H and O–H groups in total. The van der Waals surface area contributed by atoms with Gasteiger partial charge < -0.3 is 20.3 Å². The molecule has 1 unspecified atom stereocenters. The lowest BCUT2D eigenvalue weighted by molar-refractivity contribution is 0.00923. The number of urea groups is 1. The number of carbonyl (C=O) groups excluding carboxylic acids is 2. The van der Waals surface area contributed by atoms with Gasteiger partial charge in [-0.05, 0) is 33.6 Å². The highest BCUT2D eigenvalue weighted by Gasteiger charge is 2.51. The van der Waals surface area contributed by atoms with Gasteiger partial charge in [0.15, 0.2) is 0 Å². The number of ether oxygens (including phenoxy) is 1. The maximum atomic E-state index is 12.3. The number of amides is 3. The Morgan fingerprint density at radius 2 is 2.23 bits per heavy atom. The van der Waals surface area contributed by atoms with E-state index in [0.717, 1.165) is 6.42 Å². The molecule has 2 rings (SSSR count). The lowest BCUT2D eigenvalue weighted by Gasteiger charge is -2.44. The minimum atomic E-state index is -0.736. The Kier molecular flexibility index (Phi) is 4.17. The van der Waals surface area contributed by atoms with Crippen LogP contribution in [-0.4, -0.2) is 58.5 Å². The fourth-order valence-corrected chi connectivity index (χ4v) is 2.92. The zero-order valence-corrected chi connectivity index (χ0v) is 13.5. The van der Waals surface area contributed by atoms with Gasteiger partial charge in [0, 0.05) is 13.1 Å². The van der Waals surface area contributed by atoms with Crippen LogP contribution >= 0.6 is 0 Å². The lowest BCUT2D eigenvalue weighted by Crippen LogP contribution is -2.64. The fourth-order valence-electron chi connectivity index (χ4n) is 2.92. The van der Waals surface area contributed by atoms with Gasteiger partial charge in [0.2, 0.25) is 0 Å². The van der Waals surface area contributed by atoms with E-state index in [1.807, 2.05) is 20.8 Å². The summed E-state index contributed by atoms with van der Waals surface area (Å²) in [6, 6.07) is -0.372. The number of rotatable bonds is 2. The quantitative estimate of drug-likeness (QED) is 0.787. The van der Waals surface area contributed by atoms with Crippen molar-refractivity contribution in [2.75, 3.05) is 19.6 Å². The Labute approximate surface area is 130 Å². The van der Waals surface area contributed by atoms with Gasteiger partial charge in [0.25, 0.3) is 0 Å². The number of piperidine rings is 1. The van der Waals surface area contributed by atoms with Crippen LogP contribution in [0.25, 0.3) is 0 Å². The SMILES string of the molecule is C=CCN1C(=O)N=C(N)C12CCCN(C(=O)OC(C)(C)C)C2. The molecule has 1 fully saturated rings. The van der Waals surface area contributed by atoms with Crippen LogP contribution < -0.4 is 5.73 Å². The van der Waals surface area contributed by atoms with E-state index in [1.54, 1.807) is 15.9 Å². The van der Waals surface area contributed by atoms with E-state index in [0.29, 0.717) is 26.1 Å². The summed E-state index contributed by atoms with van der Waals surface area (Å²) in [6.45, 7) is 10.4. The zero-order valence-electron chi connectivity index (χ0n) is 13.5. The predicted molar refractivity (Wildman–Crippen MR) is 83.7 cm³/mol. The van der Waals surface area contributed by atoms with Crippen LogP contribution in [0, 0.1) is 0 Å². The maximum Gasteiger partial charge on any atom is 0.410 e. The van der Waals surface area contributed by atoms with Crippen molar-refractivity contribution >= 4 is 18.0 Å². The molecule has 1 saturated heterocycles. The van der Waals surface area contributed by atoms with E-state index < -0.39 is 17.2 Å². The molecule has 7 heteroatoms. The normalized spacial score (nSPS) is 25.4. The highest BCUT2D eigenvalue weighted by molar-refractivity contribution is 6.06. The van der Waals surface area contributed by atoms with Crippen molar-refractivity contribution < 1.29 is 14.3 Å². The molecule has 1 atom stereocenters. The molecule has 2 heterocycles. The van der Waals surface area contributed by atoms with E-state index in [1.165, 1.54) is 0 Å². The van der Waals surface area contributed by atoms with E-state index in [2.05, 4.69) is 11.6 Å². The van der Waals surface area contributed by atoms with E-state index in [9.17, 15) is 9.59 Å². The second-order valence-electron chi connectivity index (χ2n) is 6.72. The van der Waals surface area contributed by atoms with Crippen molar-refractivity contribution in [3.63, 3.8) is 0 Å². The van der Waals surface area contributed by atoms with E-state index in [4.69, 9.17) is 10.5 Å². The van der Waals surface area contributed by atoms with Crippen LogP contribution in [0.3, 0.4) is 0 Å². The average molecular weight is 308 g/mol. The molecule has 2 aliphatic heterocycles. The Morgan fingerprint density at radius 1 is 1.55 bits per heavy atom. The van der Waals surface area contributed by atoms with Gasteiger partial charge in [-0.1, -0.05) is 6.08 Å². The number of nitrogens with two attached hydrogens (primary N) is 1. The number of hydrogen-bond acceptors (Lipinski definition) is 4. The van der Waals surface area contributed by atoms with Crippen molar-refractivity contribution in [2.45, 2.75) is 44.8 Å². The van der Waals surface area contributed by atoms with E-state index in [-0.39, 0.29) is 11.9 Å². The van der Waals surface area contributed by atoms with Gasteiger partial charge in [-0.3, -0.25) is 0 Å². The molecule has 22 heavy (non-hydrogen) atoms. The Hall–Kier alpha value is -2.05. The third-order valence-corrected chi connectivity index (χ3v) is 3.87. The van der Waals surface area contributed by atoms with Crippen LogP contribution in [-0.2, 0) is 4.74 Å². The molecule has 2 aliphatic rings. The molecule has 0 aromatic heterocycles. The number of likely N-dealkylation sites (tertiary alicyclic amines) is 1. The number of carbonyl (C=O) groups is 2. The summed E-state index contributed by atoms with van der Waals surface area (Å²) in [4.78, 5) is 31.4. The summed E-state index contributed by atoms with van der Waals surface area (Å²) < 4.78 is 5.42. The predicted octanol–water partition coefficient (Wildman–Crippen LogP) is 1.73. The molecule has 0 saturated carbocycles. The molecule has 122 valence electrons. The Balaban J connectivity index is 2.21. The maximum absolute atomic E-state index is 12.3. The minimum Gasteiger partial charge on any atom is -0.444 e. The topological polar surface area (TPSA) is 88.2 Å². The molecule has 7 nitrogen and oxygen atoms in total. The molecular formula is C15H24N4O3. The molecule has 0 aromatic carbocycles. The smallest absolute Gasteiger partial charge is 0.410 e. The van der Waals surface area contributed by atoms with Gasteiger partial charge >= 0.3 is 12.1 Å². The second-order valence-corrected chi connectivity index (χ2v) is 6.72. The van der Waals surface area contributed by atoms with Crippen molar-refractivity contribution in [3.05, 3.63) is 12.7 Å². The van der Waals surface area contributed by atoms with Crippen molar-refractivity contribution in [1.29, 1.82) is 0 Å². The van der Waals surface area contributed by atoms with Crippen molar-refractivity contribution in [1.82, 2.24) is 9.80 Å². The molecular weight excluding hydrogens is 284 g/mol. The number of amidine groups is 1. The first kappa shape index (κ1) is 16.3.